The van der Waals surface area contributed by atoms with Crippen molar-refractivity contribution in [1.82, 2.24) is 0 Å². The smallest absolute Gasteiger partial charge is 0.363 e. The first-order chi connectivity index (χ1) is 12.0. The summed E-state index contributed by atoms with van der Waals surface area (Å²) in [7, 11) is 1.31. The number of cyclic esters (lactones) is 1. The van der Waals surface area contributed by atoms with Crippen LogP contribution < -0.4 is 4.74 Å². The van der Waals surface area contributed by atoms with Crippen LogP contribution in [0.25, 0.3) is 6.08 Å². The Labute approximate surface area is 141 Å². The molecule has 3 rings (SSSR count). The molecule has 0 fully saturated rings. The van der Waals surface area contributed by atoms with Crippen LogP contribution in [0.1, 0.15) is 11.1 Å². The van der Waals surface area contributed by atoms with Gasteiger partial charge in [0.1, 0.15) is 5.82 Å². The molecule has 0 atom stereocenters. The number of nitrogens with zero attached hydrogens (tertiary/aromatic N) is 2. The largest absolute Gasteiger partial charge is 0.490 e. The summed E-state index contributed by atoms with van der Waals surface area (Å²) in [6, 6.07) is 9.71. The van der Waals surface area contributed by atoms with Crippen molar-refractivity contribution in [2.45, 2.75) is 0 Å². The average Bonchev–Trinajstić information content (AvgIpc) is 2.95. The van der Waals surface area contributed by atoms with Gasteiger partial charge in [-0.2, -0.15) is 0 Å². The first-order valence-electron chi connectivity index (χ1n) is 7.09. The second-order valence-electron chi connectivity index (χ2n) is 5.03. The lowest BCUT2D eigenvalue weighted by Crippen LogP contribution is -2.06. The van der Waals surface area contributed by atoms with E-state index in [0.29, 0.717) is 5.56 Å². The Bertz CT molecular complexity index is 936. The third-order valence-electron chi connectivity index (χ3n) is 3.40. The molecule has 126 valence electrons. The van der Waals surface area contributed by atoms with Crippen molar-refractivity contribution < 1.29 is 23.6 Å². The molecule has 25 heavy (non-hydrogen) atoms. The van der Waals surface area contributed by atoms with Crippen molar-refractivity contribution in [2.75, 3.05) is 7.11 Å². The summed E-state index contributed by atoms with van der Waals surface area (Å²) in [6.45, 7) is 0. The van der Waals surface area contributed by atoms with Crippen molar-refractivity contribution in [3.8, 4) is 5.75 Å². The van der Waals surface area contributed by atoms with Gasteiger partial charge in [-0.15, -0.1) is 0 Å². The minimum Gasteiger partial charge on any atom is -0.490 e. The van der Waals surface area contributed by atoms with E-state index in [1.54, 1.807) is 6.07 Å². The van der Waals surface area contributed by atoms with E-state index in [1.165, 1.54) is 49.6 Å². The fraction of sp³-hybridized carbons (Fsp3) is 0.0588. The Balaban J connectivity index is 1.98. The van der Waals surface area contributed by atoms with Gasteiger partial charge in [0.15, 0.2) is 11.4 Å². The van der Waals surface area contributed by atoms with Gasteiger partial charge in [0.05, 0.1) is 12.0 Å². The third-order valence-corrected chi connectivity index (χ3v) is 3.40. The summed E-state index contributed by atoms with van der Waals surface area (Å²) in [4.78, 5) is 26.4. The lowest BCUT2D eigenvalue weighted by molar-refractivity contribution is -0.385. The van der Waals surface area contributed by atoms with Crippen LogP contribution in [0.15, 0.2) is 53.2 Å². The number of halogens is 1. The summed E-state index contributed by atoms with van der Waals surface area (Å²) in [6.07, 6.45) is 1.37. The summed E-state index contributed by atoms with van der Waals surface area (Å²) in [5, 5.41) is 11.1. The number of methoxy groups -OCH3 is 1. The van der Waals surface area contributed by atoms with Crippen molar-refractivity contribution >= 4 is 23.6 Å². The topological polar surface area (TPSA) is 91.0 Å². The van der Waals surface area contributed by atoms with Crippen molar-refractivity contribution in [3.63, 3.8) is 0 Å². The number of carbonyl (C=O) groups is 1. The zero-order valence-corrected chi connectivity index (χ0v) is 12.9. The molecule has 1 aliphatic rings. The standard InChI is InChI=1S/C17H11FN2O5/c1-24-15-6-5-11(9-14(15)20(22)23)16-19-13(17(21)25-16)8-10-3-2-4-12(18)7-10/h2-9H,1H3/b13-8-. The number of aliphatic imine (C=N–C) groups is 1. The molecule has 0 aromatic heterocycles. The van der Waals surface area contributed by atoms with E-state index in [4.69, 9.17) is 9.47 Å². The normalized spacial score (nSPS) is 15.0. The number of benzene rings is 2. The SMILES string of the molecule is COc1ccc(C2=N/C(=C\c3cccc(F)c3)C(=O)O2)cc1[N+](=O)[O-]. The maximum Gasteiger partial charge on any atom is 0.363 e. The van der Waals surface area contributed by atoms with E-state index in [1.807, 2.05) is 0 Å². The highest BCUT2D eigenvalue weighted by molar-refractivity contribution is 6.13. The molecule has 1 heterocycles. The Morgan fingerprint density at radius 3 is 2.76 bits per heavy atom. The summed E-state index contributed by atoms with van der Waals surface area (Å²) in [5.41, 5.74) is 0.390. The fourth-order valence-electron chi connectivity index (χ4n) is 2.25. The minimum atomic E-state index is -0.724. The van der Waals surface area contributed by atoms with Crippen LogP contribution in [0, 0.1) is 15.9 Å². The molecule has 8 heteroatoms. The monoisotopic (exact) mass is 342 g/mol. The molecule has 7 nitrogen and oxygen atoms in total. The maximum atomic E-state index is 13.2. The van der Waals surface area contributed by atoms with E-state index in [0.717, 1.165) is 0 Å². The third kappa shape index (κ3) is 3.37. The van der Waals surface area contributed by atoms with E-state index < -0.39 is 16.7 Å². The molecule has 0 amide bonds. The van der Waals surface area contributed by atoms with Gasteiger partial charge in [0.2, 0.25) is 5.90 Å². The van der Waals surface area contributed by atoms with E-state index in [2.05, 4.69) is 4.99 Å². The Hall–Kier alpha value is -3.55. The number of rotatable bonds is 4. The molecule has 0 bridgehead atoms. The molecule has 0 spiro atoms. The molecule has 0 radical (unpaired) electrons. The van der Waals surface area contributed by atoms with Crippen LogP contribution in [0.3, 0.4) is 0 Å². The Morgan fingerprint density at radius 2 is 2.08 bits per heavy atom. The zero-order valence-electron chi connectivity index (χ0n) is 12.9. The van der Waals surface area contributed by atoms with Crippen LogP contribution in [0.2, 0.25) is 0 Å². The van der Waals surface area contributed by atoms with Gasteiger partial charge in [-0.3, -0.25) is 10.1 Å². The number of hydrogen-bond donors (Lipinski definition) is 0. The number of hydrogen-bond acceptors (Lipinski definition) is 6. The summed E-state index contributed by atoms with van der Waals surface area (Å²) in [5.74, 6) is -1.17. The number of esters is 1. The summed E-state index contributed by atoms with van der Waals surface area (Å²) >= 11 is 0. The van der Waals surface area contributed by atoms with Gasteiger partial charge in [0, 0.05) is 11.6 Å². The number of nitro groups is 1. The first-order valence-corrected chi connectivity index (χ1v) is 7.09. The van der Waals surface area contributed by atoms with Gasteiger partial charge in [-0.1, -0.05) is 12.1 Å². The van der Waals surface area contributed by atoms with Crippen LogP contribution in [-0.2, 0) is 9.53 Å². The molecule has 0 unspecified atom stereocenters. The van der Waals surface area contributed by atoms with Gasteiger partial charge in [0.25, 0.3) is 0 Å². The number of carbonyl (C=O) groups excluding carboxylic acids is 1. The van der Waals surface area contributed by atoms with Crippen LogP contribution in [0.5, 0.6) is 5.75 Å². The van der Waals surface area contributed by atoms with Gasteiger partial charge < -0.3 is 9.47 Å². The molecule has 2 aromatic rings. The van der Waals surface area contributed by atoms with Crippen molar-refractivity contribution in [2.24, 2.45) is 4.99 Å². The molecule has 0 aliphatic carbocycles. The fourth-order valence-corrected chi connectivity index (χ4v) is 2.25. The van der Waals surface area contributed by atoms with Crippen molar-refractivity contribution in [1.29, 1.82) is 0 Å². The lowest BCUT2D eigenvalue weighted by atomic mass is 10.2. The molecular weight excluding hydrogens is 331 g/mol. The highest BCUT2D eigenvalue weighted by atomic mass is 19.1. The minimum absolute atomic E-state index is 0.0286. The Kier molecular flexibility index (Phi) is 4.25. The quantitative estimate of drug-likeness (QED) is 0.368. The van der Waals surface area contributed by atoms with Crippen LogP contribution in [0.4, 0.5) is 10.1 Å². The predicted molar refractivity (Wildman–Crippen MR) is 86.7 cm³/mol. The molecular formula is C17H11FN2O5. The molecule has 2 aromatic carbocycles. The maximum absolute atomic E-state index is 13.2. The predicted octanol–water partition coefficient (Wildman–Crippen LogP) is 3.09. The number of ether oxygens (including phenoxy) is 2. The zero-order chi connectivity index (χ0) is 18.0. The van der Waals surface area contributed by atoms with E-state index in [9.17, 15) is 19.3 Å². The second-order valence-corrected chi connectivity index (χ2v) is 5.03. The van der Waals surface area contributed by atoms with Gasteiger partial charge in [-0.25, -0.2) is 14.2 Å². The van der Waals surface area contributed by atoms with E-state index >= 15 is 0 Å². The highest BCUT2D eigenvalue weighted by Crippen LogP contribution is 2.29. The molecule has 1 aliphatic heterocycles. The van der Waals surface area contributed by atoms with Crippen molar-refractivity contribution in [3.05, 3.63) is 75.2 Å². The average molecular weight is 342 g/mol. The Morgan fingerprint density at radius 1 is 1.28 bits per heavy atom. The summed E-state index contributed by atoms with van der Waals surface area (Å²) < 4.78 is 23.2. The van der Waals surface area contributed by atoms with E-state index in [-0.39, 0.29) is 28.6 Å². The van der Waals surface area contributed by atoms with Crippen LogP contribution >= 0.6 is 0 Å². The second kappa shape index (κ2) is 6.52. The van der Waals surface area contributed by atoms with Gasteiger partial charge in [-0.05, 0) is 35.9 Å². The highest BCUT2D eigenvalue weighted by Gasteiger charge is 2.26. The lowest BCUT2D eigenvalue weighted by Gasteiger charge is -2.03. The molecule has 0 saturated carbocycles. The number of nitro benzene ring substituents is 1. The molecule has 0 saturated heterocycles. The molecule has 0 N–H and O–H groups in total. The van der Waals surface area contributed by atoms with Gasteiger partial charge >= 0.3 is 11.7 Å². The van der Waals surface area contributed by atoms with Crippen LogP contribution in [-0.4, -0.2) is 23.9 Å². The first kappa shape index (κ1) is 16.3.